The first-order valence-corrected chi connectivity index (χ1v) is 6.43. The fourth-order valence-electron chi connectivity index (χ4n) is 2.82. The molecule has 0 spiro atoms. The summed E-state index contributed by atoms with van der Waals surface area (Å²) in [5.41, 5.74) is 2.52. The van der Waals surface area contributed by atoms with E-state index in [2.05, 4.69) is 54.9 Å². The van der Waals surface area contributed by atoms with Crippen molar-refractivity contribution in [3.05, 3.63) is 30.0 Å². The van der Waals surface area contributed by atoms with Gasteiger partial charge in [-0.3, -0.25) is 0 Å². The summed E-state index contributed by atoms with van der Waals surface area (Å²) in [7, 11) is 6.05. The molecule has 3 nitrogen and oxygen atoms in total. The maximum absolute atomic E-state index is 5.38. The number of ether oxygens (including phenoxy) is 1. The Labute approximate surface area is 108 Å². The molecule has 1 saturated carbocycles. The van der Waals surface area contributed by atoms with E-state index in [-0.39, 0.29) is 0 Å². The van der Waals surface area contributed by atoms with Crippen molar-refractivity contribution in [1.29, 1.82) is 0 Å². The van der Waals surface area contributed by atoms with Gasteiger partial charge in [0.1, 0.15) is 5.75 Å². The maximum Gasteiger partial charge on any atom is 0.122 e. The summed E-state index contributed by atoms with van der Waals surface area (Å²) < 4.78 is 7.79. The molecule has 0 N–H and O–H groups in total. The summed E-state index contributed by atoms with van der Waals surface area (Å²) >= 11 is 0. The van der Waals surface area contributed by atoms with Crippen molar-refractivity contribution in [2.75, 3.05) is 21.2 Å². The van der Waals surface area contributed by atoms with E-state index in [1.165, 1.54) is 22.9 Å². The third-order valence-corrected chi connectivity index (χ3v) is 3.98. The van der Waals surface area contributed by atoms with Crippen LogP contribution in [0, 0.1) is 6.92 Å². The van der Waals surface area contributed by atoms with E-state index in [4.69, 9.17) is 4.74 Å². The zero-order valence-corrected chi connectivity index (χ0v) is 11.5. The molecule has 2 aromatic rings. The van der Waals surface area contributed by atoms with Crippen LogP contribution in [-0.4, -0.2) is 36.7 Å². The Bertz CT molecular complexity index is 585. The van der Waals surface area contributed by atoms with Crippen LogP contribution in [0.15, 0.2) is 24.4 Å². The Morgan fingerprint density at radius 3 is 2.72 bits per heavy atom. The van der Waals surface area contributed by atoms with E-state index >= 15 is 0 Å². The molecule has 1 aromatic carbocycles. The molecular formula is C15H20N2O. The first kappa shape index (κ1) is 11.6. The lowest BCUT2D eigenvalue weighted by molar-refractivity contribution is 0.377. The molecule has 2 unspecified atom stereocenters. The average Bonchev–Trinajstić information content (AvgIpc) is 3.04. The van der Waals surface area contributed by atoms with Crippen LogP contribution in [0.5, 0.6) is 5.75 Å². The number of aryl methyl sites for hydroxylation is 1. The number of methoxy groups -OCH3 is 1. The fraction of sp³-hybridized carbons (Fsp3) is 0.467. The Balaban J connectivity index is 2.03. The summed E-state index contributed by atoms with van der Waals surface area (Å²) in [5, 5.41) is 1.27. The summed E-state index contributed by atoms with van der Waals surface area (Å²) in [4.78, 5) is 2.31. The highest BCUT2D eigenvalue weighted by Crippen LogP contribution is 2.42. The number of hydrogen-bond donors (Lipinski definition) is 0. The first-order valence-electron chi connectivity index (χ1n) is 6.43. The number of hydrogen-bond acceptors (Lipinski definition) is 2. The molecule has 1 aliphatic carbocycles. The quantitative estimate of drug-likeness (QED) is 0.826. The molecule has 1 heterocycles. The van der Waals surface area contributed by atoms with Crippen molar-refractivity contribution in [1.82, 2.24) is 9.47 Å². The van der Waals surface area contributed by atoms with Gasteiger partial charge < -0.3 is 14.2 Å². The van der Waals surface area contributed by atoms with Crippen LogP contribution in [-0.2, 0) is 0 Å². The van der Waals surface area contributed by atoms with Crippen LogP contribution in [0.3, 0.4) is 0 Å². The van der Waals surface area contributed by atoms with Crippen molar-refractivity contribution in [2.24, 2.45) is 0 Å². The van der Waals surface area contributed by atoms with E-state index in [0.29, 0.717) is 12.1 Å². The summed E-state index contributed by atoms with van der Waals surface area (Å²) in [5.74, 6) is 0.972. The largest absolute Gasteiger partial charge is 0.496 e. The number of likely N-dealkylation sites (N-methyl/N-ethyl adjacent to an activating group) is 1. The monoisotopic (exact) mass is 244 g/mol. The molecule has 0 amide bonds. The summed E-state index contributed by atoms with van der Waals surface area (Å²) in [6.45, 7) is 2.10. The highest BCUT2D eigenvalue weighted by Gasteiger charge is 2.40. The predicted octanol–water partition coefficient (Wildman–Crippen LogP) is 2.83. The molecule has 3 heteroatoms. The normalized spacial score (nSPS) is 22.7. The second-order valence-electron chi connectivity index (χ2n) is 5.44. The van der Waals surface area contributed by atoms with E-state index < -0.39 is 0 Å². The van der Waals surface area contributed by atoms with Gasteiger partial charge in [0.15, 0.2) is 0 Å². The van der Waals surface area contributed by atoms with Gasteiger partial charge in [-0.15, -0.1) is 0 Å². The third-order valence-electron chi connectivity index (χ3n) is 3.98. The Morgan fingerprint density at radius 1 is 1.33 bits per heavy atom. The number of nitrogens with zero attached hydrogens (tertiary/aromatic N) is 2. The lowest BCUT2D eigenvalue weighted by Crippen LogP contribution is -2.17. The van der Waals surface area contributed by atoms with E-state index in [1.807, 2.05) is 0 Å². The van der Waals surface area contributed by atoms with Gasteiger partial charge >= 0.3 is 0 Å². The first-order chi connectivity index (χ1) is 8.61. The summed E-state index contributed by atoms with van der Waals surface area (Å²) in [6, 6.07) is 7.86. The second kappa shape index (κ2) is 4.02. The molecule has 0 radical (unpaired) electrons. The van der Waals surface area contributed by atoms with Gasteiger partial charge in [0.05, 0.1) is 13.2 Å². The molecule has 0 saturated heterocycles. The van der Waals surface area contributed by atoms with Gasteiger partial charge in [0.25, 0.3) is 0 Å². The summed E-state index contributed by atoms with van der Waals surface area (Å²) in [6.07, 6.45) is 3.46. The molecule has 0 aliphatic heterocycles. The minimum Gasteiger partial charge on any atom is -0.496 e. The molecule has 18 heavy (non-hydrogen) atoms. The predicted molar refractivity (Wildman–Crippen MR) is 74.4 cm³/mol. The van der Waals surface area contributed by atoms with Crippen LogP contribution in [0.25, 0.3) is 10.9 Å². The standard InChI is InChI=1S/C15H20N2O/c1-10-7-12-11(8-15(10)18-4)5-6-17(12)14-9-13(14)16(2)3/h5-8,13-14H,9H2,1-4H3. The highest BCUT2D eigenvalue weighted by molar-refractivity contribution is 5.83. The van der Waals surface area contributed by atoms with Crippen molar-refractivity contribution in [3.63, 3.8) is 0 Å². The van der Waals surface area contributed by atoms with Crippen LogP contribution >= 0.6 is 0 Å². The molecule has 3 rings (SSSR count). The van der Waals surface area contributed by atoms with Gasteiger partial charge in [0, 0.05) is 23.1 Å². The van der Waals surface area contributed by atoms with Gasteiger partial charge in [-0.25, -0.2) is 0 Å². The minimum atomic E-state index is 0.630. The Kier molecular flexibility index (Phi) is 2.59. The van der Waals surface area contributed by atoms with E-state index in [0.717, 1.165) is 5.75 Å². The second-order valence-corrected chi connectivity index (χ2v) is 5.44. The zero-order chi connectivity index (χ0) is 12.9. The smallest absolute Gasteiger partial charge is 0.122 e. The van der Waals surface area contributed by atoms with Crippen LogP contribution in [0.2, 0.25) is 0 Å². The van der Waals surface area contributed by atoms with Crippen LogP contribution in [0.4, 0.5) is 0 Å². The van der Waals surface area contributed by atoms with E-state index in [1.54, 1.807) is 7.11 Å². The number of rotatable bonds is 3. The molecule has 1 fully saturated rings. The minimum absolute atomic E-state index is 0.630. The van der Waals surface area contributed by atoms with Gasteiger partial charge in [-0.1, -0.05) is 0 Å². The lowest BCUT2D eigenvalue weighted by atomic mass is 10.1. The molecular weight excluding hydrogens is 224 g/mol. The van der Waals surface area contributed by atoms with Crippen molar-refractivity contribution < 1.29 is 4.74 Å². The van der Waals surface area contributed by atoms with Gasteiger partial charge in [0.2, 0.25) is 0 Å². The molecule has 96 valence electrons. The molecule has 0 bridgehead atoms. The maximum atomic E-state index is 5.38. The molecule has 1 aromatic heterocycles. The van der Waals surface area contributed by atoms with E-state index in [9.17, 15) is 0 Å². The number of aromatic nitrogens is 1. The topological polar surface area (TPSA) is 17.4 Å². The zero-order valence-electron chi connectivity index (χ0n) is 11.5. The average molecular weight is 244 g/mol. The van der Waals surface area contributed by atoms with Crippen molar-refractivity contribution >= 4 is 10.9 Å². The highest BCUT2D eigenvalue weighted by atomic mass is 16.5. The van der Waals surface area contributed by atoms with Crippen molar-refractivity contribution in [3.8, 4) is 5.75 Å². The van der Waals surface area contributed by atoms with Gasteiger partial charge in [-0.05, 0) is 51.2 Å². The number of benzene rings is 1. The SMILES string of the molecule is COc1cc2ccn(C3CC3N(C)C)c2cc1C. The lowest BCUT2D eigenvalue weighted by Gasteiger charge is -2.11. The Morgan fingerprint density at radius 2 is 2.11 bits per heavy atom. The van der Waals surface area contributed by atoms with Crippen LogP contribution < -0.4 is 4.74 Å². The molecule has 2 atom stereocenters. The number of fused-ring (bicyclic) bond motifs is 1. The molecule has 1 aliphatic rings. The third kappa shape index (κ3) is 1.70. The fourth-order valence-corrected chi connectivity index (χ4v) is 2.82. The van der Waals surface area contributed by atoms with Crippen LogP contribution in [0.1, 0.15) is 18.0 Å². The Hall–Kier alpha value is -1.48. The van der Waals surface area contributed by atoms with Crippen molar-refractivity contribution in [2.45, 2.75) is 25.4 Å². The van der Waals surface area contributed by atoms with Gasteiger partial charge in [-0.2, -0.15) is 0 Å².